The van der Waals surface area contributed by atoms with E-state index in [2.05, 4.69) is 22.3 Å². The highest BCUT2D eigenvalue weighted by Crippen LogP contribution is 2.31. The van der Waals surface area contributed by atoms with Crippen molar-refractivity contribution in [3.05, 3.63) is 76.1 Å². The predicted molar refractivity (Wildman–Crippen MR) is 112 cm³/mol. The van der Waals surface area contributed by atoms with Crippen LogP contribution in [0.4, 0.5) is 10.5 Å². The molecule has 6 heteroatoms. The molecule has 3 aromatic rings. The number of carbonyl (C=O) groups excluding carboxylic acids is 1. The van der Waals surface area contributed by atoms with Crippen molar-refractivity contribution < 1.29 is 13.9 Å². The maximum absolute atomic E-state index is 12.2. The van der Waals surface area contributed by atoms with Gasteiger partial charge in [0.2, 0.25) is 0 Å². The van der Waals surface area contributed by atoms with Gasteiger partial charge in [-0.15, -0.1) is 0 Å². The minimum Gasteiger partial charge on any atom is -0.450 e. The lowest BCUT2D eigenvalue weighted by molar-refractivity contribution is 0.168. The summed E-state index contributed by atoms with van der Waals surface area (Å²) >= 11 is 0. The Morgan fingerprint density at radius 1 is 1.14 bits per heavy atom. The highest BCUT2D eigenvalue weighted by atomic mass is 16.5. The van der Waals surface area contributed by atoms with Gasteiger partial charge in [0.1, 0.15) is 5.58 Å². The second kappa shape index (κ2) is 8.49. The lowest BCUT2D eigenvalue weighted by atomic mass is 10.1. The number of nitrogens with zero attached hydrogens (tertiary/aromatic N) is 1. The molecule has 0 unspecified atom stereocenters. The topological polar surface area (TPSA) is 71.8 Å². The summed E-state index contributed by atoms with van der Waals surface area (Å²) in [6.45, 7) is 3.55. The van der Waals surface area contributed by atoms with Crippen molar-refractivity contribution in [1.82, 2.24) is 4.90 Å². The SMILES string of the molecule is CCOC(=O)Nc1ccc2c(CN(Cc3ccccc3)C3CC3)cc(=O)oc2c1. The number of benzene rings is 2. The molecule has 1 aliphatic rings. The molecule has 1 N–H and O–H groups in total. The average molecular weight is 392 g/mol. The Labute approximate surface area is 169 Å². The zero-order chi connectivity index (χ0) is 20.2. The molecule has 4 rings (SSSR count). The van der Waals surface area contributed by atoms with Crippen LogP contribution in [-0.4, -0.2) is 23.6 Å². The van der Waals surface area contributed by atoms with E-state index in [1.807, 2.05) is 24.3 Å². The first kappa shape index (κ1) is 19.2. The molecule has 1 fully saturated rings. The van der Waals surface area contributed by atoms with E-state index in [1.165, 1.54) is 18.4 Å². The van der Waals surface area contributed by atoms with Crippen LogP contribution in [0.5, 0.6) is 0 Å². The number of ether oxygens (including phenoxy) is 1. The van der Waals surface area contributed by atoms with Gasteiger partial charge in [-0.2, -0.15) is 0 Å². The molecule has 1 amide bonds. The van der Waals surface area contributed by atoms with Crippen molar-refractivity contribution in [2.75, 3.05) is 11.9 Å². The molecule has 1 saturated carbocycles. The third-order valence-corrected chi connectivity index (χ3v) is 5.02. The molecule has 150 valence electrons. The van der Waals surface area contributed by atoms with E-state index in [0.717, 1.165) is 17.5 Å². The van der Waals surface area contributed by atoms with Gasteiger partial charge in [-0.3, -0.25) is 10.2 Å². The van der Waals surface area contributed by atoms with Gasteiger partial charge in [0.05, 0.1) is 6.61 Å². The summed E-state index contributed by atoms with van der Waals surface area (Å²) in [4.78, 5) is 26.2. The van der Waals surface area contributed by atoms with E-state index in [0.29, 0.717) is 23.9 Å². The lowest BCUT2D eigenvalue weighted by Gasteiger charge is -2.22. The van der Waals surface area contributed by atoms with Crippen LogP contribution >= 0.6 is 0 Å². The molecule has 0 atom stereocenters. The van der Waals surface area contributed by atoms with Crippen LogP contribution in [-0.2, 0) is 17.8 Å². The monoisotopic (exact) mass is 392 g/mol. The van der Waals surface area contributed by atoms with Crippen molar-refractivity contribution in [3.8, 4) is 0 Å². The van der Waals surface area contributed by atoms with Crippen molar-refractivity contribution in [2.45, 2.75) is 38.9 Å². The van der Waals surface area contributed by atoms with Crippen molar-refractivity contribution in [2.24, 2.45) is 0 Å². The molecule has 1 aliphatic carbocycles. The van der Waals surface area contributed by atoms with Gasteiger partial charge < -0.3 is 9.15 Å². The second-order valence-electron chi connectivity index (χ2n) is 7.27. The first-order valence-corrected chi connectivity index (χ1v) is 9.91. The van der Waals surface area contributed by atoms with E-state index in [4.69, 9.17) is 9.15 Å². The Balaban J connectivity index is 1.60. The van der Waals surface area contributed by atoms with Crippen molar-refractivity contribution >= 4 is 22.7 Å². The van der Waals surface area contributed by atoms with Crippen LogP contribution in [0.3, 0.4) is 0 Å². The van der Waals surface area contributed by atoms with Crippen LogP contribution in [0.15, 0.2) is 63.8 Å². The first-order chi connectivity index (χ1) is 14.1. The number of fused-ring (bicyclic) bond motifs is 1. The van der Waals surface area contributed by atoms with Gasteiger partial charge in [-0.25, -0.2) is 9.59 Å². The third-order valence-electron chi connectivity index (χ3n) is 5.02. The maximum Gasteiger partial charge on any atom is 0.411 e. The molecule has 0 aliphatic heterocycles. The number of nitrogens with one attached hydrogen (secondary N) is 1. The molecular weight excluding hydrogens is 368 g/mol. The number of hydrogen-bond donors (Lipinski definition) is 1. The minimum absolute atomic E-state index is 0.289. The second-order valence-corrected chi connectivity index (χ2v) is 7.27. The van der Waals surface area contributed by atoms with Gasteiger partial charge >= 0.3 is 11.7 Å². The van der Waals surface area contributed by atoms with Crippen LogP contribution in [0, 0.1) is 0 Å². The Morgan fingerprint density at radius 2 is 1.93 bits per heavy atom. The molecule has 29 heavy (non-hydrogen) atoms. The van der Waals surface area contributed by atoms with Crippen LogP contribution in [0.25, 0.3) is 11.0 Å². The number of hydrogen-bond acceptors (Lipinski definition) is 5. The molecule has 0 saturated heterocycles. The average Bonchev–Trinajstić information content (AvgIpc) is 3.53. The Bertz CT molecular complexity index is 1060. The molecule has 1 heterocycles. The molecule has 0 bridgehead atoms. The number of carbonyl (C=O) groups is 1. The highest BCUT2D eigenvalue weighted by Gasteiger charge is 2.29. The summed E-state index contributed by atoms with van der Waals surface area (Å²) in [5, 5.41) is 3.51. The van der Waals surface area contributed by atoms with Gasteiger partial charge in [0, 0.05) is 42.3 Å². The van der Waals surface area contributed by atoms with Gasteiger partial charge in [0.15, 0.2) is 0 Å². The standard InChI is InChI=1S/C23H24N2O4/c1-2-28-23(27)24-18-8-11-20-17(12-22(26)29-21(20)13-18)15-25(19-9-10-19)14-16-6-4-3-5-7-16/h3-8,11-13,19H,2,9-10,14-15H2,1H3,(H,24,27). The first-order valence-electron chi connectivity index (χ1n) is 9.91. The van der Waals surface area contributed by atoms with Gasteiger partial charge in [-0.1, -0.05) is 30.3 Å². The Hall–Kier alpha value is -3.12. The summed E-state index contributed by atoms with van der Waals surface area (Å²) in [5.74, 6) is 0. The number of anilines is 1. The molecule has 0 spiro atoms. The fourth-order valence-corrected chi connectivity index (χ4v) is 3.51. The van der Waals surface area contributed by atoms with E-state index in [-0.39, 0.29) is 6.61 Å². The smallest absolute Gasteiger partial charge is 0.411 e. The lowest BCUT2D eigenvalue weighted by Crippen LogP contribution is -2.25. The van der Waals surface area contributed by atoms with E-state index >= 15 is 0 Å². The van der Waals surface area contributed by atoms with E-state index in [9.17, 15) is 9.59 Å². The van der Waals surface area contributed by atoms with Crippen LogP contribution in [0.2, 0.25) is 0 Å². The summed E-state index contributed by atoms with van der Waals surface area (Å²) in [7, 11) is 0. The molecular formula is C23H24N2O4. The van der Waals surface area contributed by atoms with Gasteiger partial charge in [0.25, 0.3) is 0 Å². The number of amides is 1. The van der Waals surface area contributed by atoms with Crippen LogP contribution < -0.4 is 10.9 Å². The van der Waals surface area contributed by atoms with Crippen molar-refractivity contribution in [1.29, 1.82) is 0 Å². The summed E-state index contributed by atoms with van der Waals surface area (Å²) in [5.41, 5.74) is 2.78. The molecule has 6 nitrogen and oxygen atoms in total. The largest absolute Gasteiger partial charge is 0.450 e. The highest BCUT2D eigenvalue weighted by molar-refractivity contribution is 5.89. The summed E-state index contributed by atoms with van der Waals surface area (Å²) in [6, 6.07) is 17.8. The third kappa shape index (κ3) is 4.84. The number of rotatable bonds is 7. The molecule has 0 radical (unpaired) electrons. The fraction of sp³-hybridized carbons (Fsp3) is 0.304. The molecule has 1 aromatic heterocycles. The minimum atomic E-state index is -0.534. The van der Waals surface area contributed by atoms with Gasteiger partial charge in [-0.05, 0) is 43.0 Å². The predicted octanol–water partition coefficient (Wildman–Crippen LogP) is 4.53. The quantitative estimate of drug-likeness (QED) is 0.598. The zero-order valence-electron chi connectivity index (χ0n) is 16.4. The van der Waals surface area contributed by atoms with E-state index < -0.39 is 11.7 Å². The van der Waals surface area contributed by atoms with E-state index in [1.54, 1.807) is 25.1 Å². The Kier molecular flexibility index (Phi) is 5.62. The summed E-state index contributed by atoms with van der Waals surface area (Å²) < 4.78 is 10.3. The maximum atomic E-state index is 12.2. The zero-order valence-corrected chi connectivity index (χ0v) is 16.4. The van der Waals surface area contributed by atoms with Crippen molar-refractivity contribution in [3.63, 3.8) is 0 Å². The summed E-state index contributed by atoms with van der Waals surface area (Å²) in [6.07, 6.45) is 1.83. The van der Waals surface area contributed by atoms with Crippen LogP contribution in [0.1, 0.15) is 30.9 Å². The molecule has 2 aromatic carbocycles. The normalized spacial score (nSPS) is 13.6. The Morgan fingerprint density at radius 3 is 2.66 bits per heavy atom. The fourth-order valence-electron chi connectivity index (χ4n) is 3.51.